The smallest absolute Gasteiger partial charge is 0.332 e. The van der Waals surface area contributed by atoms with Crippen LogP contribution in [-0.4, -0.2) is 35.7 Å². The molecule has 0 spiro atoms. The highest BCUT2D eigenvalue weighted by atomic mass is 32.1. The summed E-state index contributed by atoms with van der Waals surface area (Å²) in [4.78, 5) is 39.7. The molecule has 3 rings (SSSR count). The predicted octanol–water partition coefficient (Wildman–Crippen LogP) is -1.76. The SMILES string of the molecule is C[C@H]1CCc2sc3c(c2C1)c(=O)n(CC(=O)[O-])c(=O)n3CC[NH+](C)C. The highest BCUT2D eigenvalue weighted by Crippen LogP contribution is 2.36. The van der Waals surface area contributed by atoms with E-state index in [9.17, 15) is 19.5 Å². The second-order valence-corrected chi connectivity index (χ2v) is 8.27. The Morgan fingerprint density at radius 2 is 2.04 bits per heavy atom. The lowest BCUT2D eigenvalue weighted by molar-refractivity contribution is -0.858. The van der Waals surface area contributed by atoms with Gasteiger partial charge in [-0.1, -0.05) is 6.92 Å². The van der Waals surface area contributed by atoms with E-state index in [1.165, 1.54) is 16.2 Å². The van der Waals surface area contributed by atoms with E-state index < -0.39 is 23.8 Å². The summed E-state index contributed by atoms with van der Waals surface area (Å²) in [6.07, 6.45) is 2.77. The summed E-state index contributed by atoms with van der Waals surface area (Å²) in [5.41, 5.74) is -0.0550. The van der Waals surface area contributed by atoms with Crippen molar-refractivity contribution in [2.75, 3.05) is 20.6 Å². The summed E-state index contributed by atoms with van der Waals surface area (Å²) in [5.74, 6) is -0.952. The number of hydrogen-bond acceptors (Lipinski definition) is 5. The number of nitrogens with one attached hydrogen (secondary N) is 1. The fourth-order valence-corrected chi connectivity index (χ4v) is 4.76. The molecule has 0 saturated heterocycles. The maximum atomic E-state index is 12.9. The lowest BCUT2D eigenvalue weighted by Gasteiger charge is -2.18. The number of aromatic nitrogens is 2. The standard InChI is InChI=1S/C17H23N3O4S/c1-10-4-5-12-11(8-10)14-15(23)20(9-13(21)22)17(24)19(16(14)25-12)7-6-18(2)3/h10H,4-9H2,1-3H3,(H,21,22)/t10-/m0/s1. The van der Waals surface area contributed by atoms with Gasteiger partial charge in [0.1, 0.15) is 4.83 Å². The van der Waals surface area contributed by atoms with E-state index in [0.29, 0.717) is 29.2 Å². The minimum Gasteiger partial charge on any atom is -0.548 e. The molecule has 1 aliphatic rings. The van der Waals surface area contributed by atoms with Crippen molar-refractivity contribution < 1.29 is 14.8 Å². The van der Waals surface area contributed by atoms with E-state index in [2.05, 4.69) is 6.92 Å². The number of aryl methyl sites for hydroxylation is 1. The summed E-state index contributed by atoms with van der Waals surface area (Å²) in [7, 11) is 3.97. The maximum Gasteiger partial charge on any atom is 0.332 e. The molecule has 0 radical (unpaired) electrons. The van der Waals surface area contributed by atoms with Crippen LogP contribution in [0.3, 0.4) is 0 Å². The van der Waals surface area contributed by atoms with Gasteiger partial charge in [-0.25, -0.2) is 4.79 Å². The fraction of sp³-hybridized carbons (Fsp3) is 0.588. The van der Waals surface area contributed by atoms with Gasteiger partial charge in [-0.15, -0.1) is 11.3 Å². The number of thiophene rings is 1. The first-order valence-electron chi connectivity index (χ1n) is 8.56. The normalized spacial score (nSPS) is 17.2. The summed E-state index contributed by atoms with van der Waals surface area (Å²) in [6, 6.07) is 0. The first-order chi connectivity index (χ1) is 11.8. The van der Waals surface area contributed by atoms with Crippen LogP contribution >= 0.6 is 11.3 Å². The van der Waals surface area contributed by atoms with Crippen LogP contribution in [0.1, 0.15) is 23.8 Å². The van der Waals surface area contributed by atoms with Crippen LogP contribution in [0.4, 0.5) is 0 Å². The number of carbonyl (C=O) groups excluding carboxylic acids is 1. The number of rotatable bonds is 5. The second kappa shape index (κ2) is 6.76. The molecule has 2 heterocycles. The van der Waals surface area contributed by atoms with Crippen LogP contribution in [0.25, 0.3) is 10.2 Å². The van der Waals surface area contributed by atoms with Crippen LogP contribution in [0, 0.1) is 5.92 Å². The average Bonchev–Trinajstić information content (AvgIpc) is 2.89. The van der Waals surface area contributed by atoms with Crippen molar-refractivity contribution in [1.29, 1.82) is 0 Å². The summed E-state index contributed by atoms with van der Waals surface area (Å²) < 4.78 is 2.38. The van der Waals surface area contributed by atoms with Gasteiger partial charge in [0.05, 0.1) is 45.1 Å². The monoisotopic (exact) mass is 365 g/mol. The molecule has 2 aromatic heterocycles. The summed E-state index contributed by atoms with van der Waals surface area (Å²) in [6.45, 7) is 2.59. The Morgan fingerprint density at radius 3 is 2.68 bits per heavy atom. The minimum absolute atomic E-state index is 0.444. The van der Waals surface area contributed by atoms with Gasteiger partial charge in [0, 0.05) is 4.88 Å². The van der Waals surface area contributed by atoms with Crippen LogP contribution in [0.2, 0.25) is 0 Å². The highest BCUT2D eigenvalue weighted by Gasteiger charge is 2.26. The van der Waals surface area contributed by atoms with Crippen molar-refractivity contribution in [3.05, 3.63) is 31.3 Å². The second-order valence-electron chi connectivity index (χ2n) is 7.19. The van der Waals surface area contributed by atoms with Crippen molar-refractivity contribution >= 4 is 27.5 Å². The maximum absolute atomic E-state index is 12.9. The zero-order chi connectivity index (χ0) is 18.3. The van der Waals surface area contributed by atoms with Gasteiger partial charge < -0.3 is 14.8 Å². The number of likely N-dealkylation sites (N-methyl/N-ethyl adjacent to an activating group) is 1. The molecule has 0 saturated carbocycles. The molecule has 0 aromatic carbocycles. The molecule has 0 fully saturated rings. The molecule has 1 N–H and O–H groups in total. The number of nitrogens with zero attached hydrogens (tertiary/aromatic N) is 2. The molecule has 8 heteroatoms. The van der Waals surface area contributed by atoms with Crippen LogP contribution in [-0.2, 0) is 30.7 Å². The summed E-state index contributed by atoms with van der Waals surface area (Å²) >= 11 is 1.51. The molecular weight excluding hydrogens is 342 g/mol. The topological polar surface area (TPSA) is 88.6 Å². The third-order valence-electron chi connectivity index (χ3n) is 4.78. The molecular formula is C17H23N3O4S. The van der Waals surface area contributed by atoms with E-state index in [1.54, 1.807) is 4.57 Å². The van der Waals surface area contributed by atoms with Gasteiger partial charge >= 0.3 is 5.69 Å². The van der Waals surface area contributed by atoms with E-state index in [4.69, 9.17) is 0 Å². The quantitative estimate of drug-likeness (QED) is 0.680. The number of quaternary nitrogens is 1. The van der Waals surface area contributed by atoms with Crippen LogP contribution < -0.4 is 21.3 Å². The minimum atomic E-state index is -1.43. The van der Waals surface area contributed by atoms with Crippen molar-refractivity contribution in [1.82, 2.24) is 9.13 Å². The molecule has 0 unspecified atom stereocenters. The van der Waals surface area contributed by atoms with Crippen LogP contribution in [0.15, 0.2) is 9.59 Å². The van der Waals surface area contributed by atoms with Gasteiger partial charge in [0.25, 0.3) is 5.56 Å². The Bertz CT molecular complexity index is 938. The van der Waals surface area contributed by atoms with Crippen molar-refractivity contribution in [3.8, 4) is 0 Å². The molecule has 0 bridgehead atoms. The zero-order valence-corrected chi connectivity index (χ0v) is 15.6. The molecule has 2 aromatic rings. The van der Waals surface area contributed by atoms with E-state index in [1.807, 2.05) is 14.1 Å². The Labute approximate surface area is 149 Å². The Kier molecular flexibility index (Phi) is 4.83. The molecule has 0 aliphatic heterocycles. The van der Waals surface area contributed by atoms with Crippen molar-refractivity contribution in [3.63, 3.8) is 0 Å². The fourth-order valence-electron chi connectivity index (χ4n) is 3.41. The number of aliphatic carboxylic acids is 1. The first kappa shape index (κ1) is 17.9. The average molecular weight is 365 g/mol. The van der Waals surface area contributed by atoms with Gasteiger partial charge in [0.15, 0.2) is 0 Å². The van der Waals surface area contributed by atoms with Crippen molar-refractivity contribution in [2.45, 2.75) is 39.3 Å². The lowest BCUT2D eigenvalue weighted by atomic mass is 9.89. The van der Waals surface area contributed by atoms with Crippen molar-refractivity contribution in [2.24, 2.45) is 5.92 Å². The first-order valence-corrected chi connectivity index (χ1v) is 9.38. The van der Waals surface area contributed by atoms with E-state index in [-0.39, 0.29) is 0 Å². The predicted molar refractivity (Wildman–Crippen MR) is 94.2 cm³/mol. The van der Waals surface area contributed by atoms with Crippen LogP contribution in [0.5, 0.6) is 0 Å². The van der Waals surface area contributed by atoms with Gasteiger partial charge in [-0.3, -0.25) is 13.9 Å². The number of carboxylic acids is 1. The number of hydrogen-bond donors (Lipinski definition) is 1. The molecule has 25 heavy (non-hydrogen) atoms. The van der Waals surface area contributed by atoms with Gasteiger partial charge in [-0.05, 0) is 30.7 Å². The molecule has 1 atom stereocenters. The van der Waals surface area contributed by atoms with E-state index in [0.717, 1.165) is 34.3 Å². The third-order valence-corrected chi connectivity index (χ3v) is 6.09. The van der Waals surface area contributed by atoms with Gasteiger partial charge in [-0.2, -0.15) is 0 Å². The third kappa shape index (κ3) is 3.28. The molecule has 1 aliphatic carbocycles. The van der Waals surface area contributed by atoms with Gasteiger partial charge in [0.2, 0.25) is 0 Å². The number of fused-ring (bicyclic) bond motifs is 3. The molecule has 7 nitrogen and oxygen atoms in total. The molecule has 0 amide bonds. The largest absolute Gasteiger partial charge is 0.548 e. The Hall–Kier alpha value is -1.93. The molecule has 136 valence electrons. The highest BCUT2D eigenvalue weighted by molar-refractivity contribution is 7.18. The Morgan fingerprint density at radius 1 is 1.32 bits per heavy atom. The number of carboxylic acid groups (broad SMARTS) is 1. The Balaban J connectivity index is 2.30. The lowest BCUT2D eigenvalue weighted by Crippen LogP contribution is -3.06. The number of carbonyl (C=O) groups is 1. The zero-order valence-electron chi connectivity index (χ0n) is 14.8. The van der Waals surface area contributed by atoms with E-state index >= 15 is 0 Å². The summed E-state index contributed by atoms with van der Waals surface area (Å²) in [5, 5.41) is 11.6.